The van der Waals surface area contributed by atoms with Gasteiger partial charge in [-0.25, -0.2) is 4.98 Å². The number of benzene rings is 2. The van der Waals surface area contributed by atoms with Gasteiger partial charge in [-0.15, -0.1) is 0 Å². The first-order valence-corrected chi connectivity index (χ1v) is 10.3. The fourth-order valence-electron chi connectivity index (χ4n) is 4.15. The van der Waals surface area contributed by atoms with Gasteiger partial charge in [0.15, 0.2) is 0 Å². The predicted molar refractivity (Wildman–Crippen MR) is 110 cm³/mol. The standard InChI is InChI=1S/C23H24F3N3O2/c1-16-27-20-13-18(23(24,25)26)7-8-21(20)29(16)19-9-11-28(12-10-19)22(30)15-31-14-17-5-3-2-4-6-17/h2-8,13,19H,9-12,14-15H2,1H3. The van der Waals surface area contributed by atoms with Gasteiger partial charge in [0.1, 0.15) is 12.4 Å². The largest absolute Gasteiger partial charge is 0.416 e. The Morgan fingerprint density at radius 3 is 2.52 bits per heavy atom. The molecule has 1 fully saturated rings. The second-order valence-corrected chi connectivity index (χ2v) is 7.82. The summed E-state index contributed by atoms with van der Waals surface area (Å²) in [5.74, 6) is 0.640. The van der Waals surface area contributed by atoms with Crippen molar-refractivity contribution < 1.29 is 22.7 Å². The molecule has 8 heteroatoms. The molecule has 0 radical (unpaired) electrons. The minimum Gasteiger partial charge on any atom is -0.367 e. The van der Waals surface area contributed by atoms with Crippen LogP contribution in [0.25, 0.3) is 11.0 Å². The van der Waals surface area contributed by atoms with Crippen LogP contribution in [0.3, 0.4) is 0 Å². The summed E-state index contributed by atoms with van der Waals surface area (Å²) in [6.45, 7) is 3.40. The molecule has 1 aliphatic heterocycles. The van der Waals surface area contributed by atoms with Crippen LogP contribution >= 0.6 is 0 Å². The quantitative estimate of drug-likeness (QED) is 0.586. The molecule has 1 saturated heterocycles. The highest BCUT2D eigenvalue weighted by Gasteiger charge is 2.32. The molecule has 0 unspecified atom stereocenters. The van der Waals surface area contributed by atoms with E-state index in [0.717, 1.165) is 30.5 Å². The predicted octanol–water partition coefficient (Wildman–Crippen LogP) is 4.74. The zero-order valence-corrected chi connectivity index (χ0v) is 17.2. The summed E-state index contributed by atoms with van der Waals surface area (Å²) in [5.41, 5.74) is 1.37. The van der Waals surface area contributed by atoms with Gasteiger partial charge in [-0.2, -0.15) is 13.2 Å². The molecule has 2 aromatic carbocycles. The normalized spacial score (nSPS) is 15.5. The maximum atomic E-state index is 13.0. The van der Waals surface area contributed by atoms with Crippen molar-refractivity contribution in [1.29, 1.82) is 0 Å². The van der Waals surface area contributed by atoms with Crippen LogP contribution in [0.5, 0.6) is 0 Å². The van der Waals surface area contributed by atoms with Crippen molar-refractivity contribution in [1.82, 2.24) is 14.5 Å². The summed E-state index contributed by atoms with van der Waals surface area (Å²) < 4.78 is 46.6. The molecule has 1 amide bonds. The number of aromatic nitrogens is 2. The van der Waals surface area contributed by atoms with E-state index < -0.39 is 11.7 Å². The highest BCUT2D eigenvalue weighted by Crippen LogP contribution is 2.34. The number of likely N-dealkylation sites (tertiary alicyclic amines) is 1. The number of imidazole rings is 1. The molecule has 5 nitrogen and oxygen atoms in total. The van der Waals surface area contributed by atoms with E-state index in [1.54, 1.807) is 4.90 Å². The van der Waals surface area contributed by atoms with Crippen molar-refractivity contribution >= 4 is 16.9 Å². The van der Waals surface area contributed by atoms with Crippen molar-refractivity contribution in [2.24, 2.45) is 0 Å². The lowest BCUT2D eigenvalue weighted by molar-refractivity contribution is -0.138. The Kier molecular flexibility index (Phi) is 6.00. The molecule has 2 heterocycles. The van der Waals surface area contributed by atoms with Crippen molar-refractivity contribution in [3.8, 4) is 0 Å². The maximum absolute atomic E-state index is 13.0. The Bertz CT molecular complexity index is 1060. The van der Waals surface area contributed by atoms with Crippen LogP contribution in [0.1, 0.15) is 35.8 Å². The van der Waals surface area contributed by atoms with Crippen molar-refractivity contribution in [3.05, 3.63) is 65.5 Å². The summed E-state index contributed by atoms with van der Waals surface area (Å²) in [4.78, 5) is 18.6. The van der Waals surface area contributed by atoms with Gasteiger partial charge in [0.25, 0.3) is 0 Å². The zero-order chi connectivity index (χ0) is 22.0. The van der Waals surface area contributed by atoms with E-state index in [0.29, 0.717) is 36.6 Å². The average molecular weight is 431 g/mol. The number of aryl methyl sites for hydroxylation is 1. The van der Waals surface area contributed by atoms with E-state index in [1.165, 1.54) is 6.07 Å². The van der Waals surface area contributed by atoms with Crippen LogP contribution in [0.15, 0.2) is 48.5 Å². The highest BCUT2D eigenvalue weighted by atomic mass is 19.4. The molecule has 3 aromatic rings. The highest BCUT2D eigenvalue weighted by molar-refractivity contribution is 5.78. The summed E-state index contributed by atoms with van der Waals surface area (Å²) in [6.07, 6.45) is -2.95. The van der Waals surface area contributed by atoms with E-state index in [1.807, 2.05) is 41.8 Å². The molecule has 164 valence electrons. The Labute approximate surface area is 178 Å². The third-order valence-electron chi connectivity index (χ3n) is 5.71. The summed E-state index contributed by atoms with van der Waals surface area (Å²) in [5, 5.41) is 0. The minimum absolute atomic E-state index is 0.0345. The number of halogens is 3. The van der Waals surface area contributed by atoms with Crippen LogP contribution < -0.4 is 0 Å². The van der Waals surface area contributed by atoms with Crippen molar-refractivity contribution in [2.75, 3.05) is 19.7 Å². The smallest absolute Gasteiger partial charge is 0.367 e. The monoisotopic (exact) mass is 431 g/mol. The molecule has 0 atom stereocenters. The van der Waals surface area contributed by atoms with E-state index >= 15 is 0 Å². The average Bonchev–Trinajstić information content (AvgIpc) is 3.09. The number of rotatable bonds is 5. The Hall–Kier alpha value is -2.87. The molecule has 0 saturated carbocycles. The van der Waals surface area contributed by atoms with Gasteiger partial charge >= 0.3 is 6.18 Å². The lowest BCUT2D eigenvalue weighted by Crippen LogP contribution is -2.41. The van der Waals surface area contributed by atoms with Crippen LogP contribution in [-0.2, 0) is 22.3 Å². The summed E-state index contributed by atoms with van der Waals surface area (Å²) in [7, 11) is 0. The number of fused-ring (bicyclic) bond motifs is 1. The van der Waals surface area contributed by atoms with Crippen LogP contribution in [0.2, 0.25) is 0 Å². The van der Waals surface area contributed by atoms with Gasteiger partial charge in [0, 0.05) is 19.1 Å². The maximum Gasteiger partial charge on any atom is 0.416 e. The third-order valence-corrected chi connectivity index (χ3v) is 5.71. The van der Waals surface area contributed by atoms with Gasteiger partial charge in [-0.1, -0.05) is 30.3 Å². The molecule has 0 bridgehead atoms. The van der Waals surface area contributed by atoms with Crippen LogP contribution in [0, 0.1) is 6.92 Å². The lowest BCUT2D eigenvalue weighted by atomic mass is 10.0. The zero-order valence-electron chi connectivity index (χ0n) is 17.2. The van der Waals surface area contributed by atoms with Crippen LogP contribution in [-0.4, -0.2) is 40.1 Å². The van der Waals surface area contributed by atoms with Crippen molar-refractivity contribution in [2.45, 2.75) is 38.6 Å². The molecule has 0 spiro atoms. The third kappa shape index (κ3) is 4.74. The molecule has 0 aliphatic carbocycles. The van der Waals surface area contributed by atoms with E-state index in [4.69, 9.17) is 4.74 Å². The molecular weight excluding hydrogens is 407 g/mol. The Morgan fingerprint density at radius 1 is 1.13 bits per heavy atom. The topological polar surface area (TPSA) is 47.4 Å². The van der Waals surface area contributed by atoms with Gasteiger partial charge in [0.05, 0.1) is 23.2 Å². The number of amides is 1. The van der Waals surface area contributed by atoms with Crippen LogP contribution in [0.4, 0.5) is 13.2 Å². The van der Waals surface area contributed by atoms with Gasteiger partial charge in [-0.3, -0.25) is 4.79 Å². The minimum atomic E-state index is -4.39. The molecule has 1 aliphatic rings. The first-order valence-electron chi connectivity index (χ1n) is 10.3. The second-order valence-electron chi connectivity index (χ2n) is 7.82. The lowest BCUT2D eigenvalue weighted by Gasteiger charge is -2.33. The fourth-order valence-corrected chi connectivity index (χ4v) is 4.15. The molecule has 0 N–H and O–H groups in total. The molecular formula is C23H24F3N3O2. The number of piperidine rings is 1. The number of hydrogen-bond donors (Lipinski definition) is 0. The number of nitrogens with zero attached hydrogens (tertiary/aromatic N) is 3. The number of carbonyl (C=O) groups excluding carboxylic acids is 1. The summed E-state index contributed by atoms with van der Waals surface area (Å²) in [6, 6.07) is 13.5. The molecule has 31 heavy (non-hydrogen) atoms. The van der Waals surface area contributed by atoms with E-state index in [2.05, 4.69) is 4.98 Å². The Morgan fingerprint density at radius 2 is 1.84 bits per heavy atom. The number of hydrogen-bond acceptors (Lipinski definition) is 3. The first kappa shape index (κ1) is 21.4. The Balaban J connectivity index is 1.36. The molecule has 4 rings (SSSR count). The van der Waals surface area contributed by atoms with Gasteiger partial charge in [0.2, 0.25) is 5.91 Å². The van der Waals surface area contributed by atoms with E-state index in [-0.39, 0.29) is 18.6 Å². The summed E-state index contributed by atoms with van der Waals surface area (Å²) >= 11 is 0. The molecule has 1 aromatic heterocycles. The SMILES string of the molecule is Cc1nc2cc(C(F)(F)F)ccc2n1C1CCN(C(=O)COCc2ccccc2)CC1. The number of carbonyl (C=O) groups is 1. The first-order chi connectivity index (χ1) is 14.8. The van der Waals surface area contributed by atoms with Gasteiger partial charge in [-0.05, 0) is 43.5 Å². The fraction of sp³-hybridized carbons (Fsp3) is 0.391. The second kappa shape index (κ2) is 8.70. The number of alkyl halides is 3. The van der Waals surface area contributed by atoms with E-state index in [9.17, 15) is 18.0 Å². The van der Waals surface area contributed by atoms with Crippen molar-refractivity contribution in [3.63, 3.8) is 0 Å². The van der Waals surface area contributed by atoms with Gasteiger partial charge < -0.3 is 14.2 Å². The number of ether oxygens (including phenoxy) is 1.